The largest absolute Gasteiger partial charge is 0.338 e. The van der Waals surface area contributed by atoms with Crippen molar-refractivity contribution in [3.8, 4) is 0 Å². The van der Waals surface area contributed by atoms with E-state index in [2.05, 4.69) is 46.9 Å². The van der Waals surface area contributed by atoms with Gasteiger partial charge in [0.15, 0.2) is 0 Å². The van der Waals surface area contributed by atoms with Crippen molar-refractivity contribution >= 4 is 11.8 Å². The van der Waals surface area contributed by atoms with Crippen molar-refractivity contribution in [3.63, 3.8) is 0 Å². The van der Waals surface area contributed by atoms with Gasteiger partial charge in [0.25, 0.3) is 0 Å². The molecule has 5 nitrogen and oxygen atoms in total. The molecule has 2 aliphatic rings. The second kappa shape index (κ2) is 7.44. The molecule has 0 aliphatic carbocycles. The number of nitrogens with zero attached hydrogens (tertiary/aromatic N) is 2. The molecule has 0 spiro atoms. The zero-order chi connectivity index (χ0) is 17.0. The number of amides is 2. The van der Waals surface area contributed by atoms with Crippen LogP contribution in [0.1, 0.15) is 60.8 Å². The van der Waals surface area contributed by atoms with Gasteiger partial charge >= 0.3 is 0 Å². The number of hydrogen-bond acceptors (Lipinski definition) is 3. The fourth-order valence-corrected chi connectivity index (χ4v) is 2.83. The van der Waals surface area contributed by atoms with Crippen LogP contribution < -0.4 is 5.32 Å². The predicted octanol–water partition coefficient (Wildman–Crippen LogP) is 2.01. The summed E-state index contributed by atoms with van der Waals surface area (Å²) >= 11 is 0. The van der Waals surface area contributed by atoms with Crippen molar-refractivity contribution < 1.29 is 9.59 Å². The summed E-state index contributed by atoms with van der Waals surface area (Å²) in [6, 6.07) is 0. The van der Waals surface area contributed by atoms with E-state index in [1.165, 1.54) is 6.42 Å². The number of carbonyl (C=O) groups excluding carboxylic acids is 2. The van der Waals surface area contributed by atoms with E-state index < -0.39 is 0 Å². The number of likely N-dealkylation sites (tertiary alicyclic amines) is 1. The Labute approximate surface area is 135 Å². The maximum Gasteiger partial charge on any atom is 0.237 e. The topological polar surface area (TPSA) is 52.7 Å². The molecule has 2 rings (SSSR count). The van der Waals surface area contributed by atoms with Crippen molar-refractivity contribution in [1.29, 1.82) is 0 Å². The lowest BCUT2D eigenvalue weighted by atomic mass is 10.0. The molecule has 2 fully saturated rings. The first kappa shape index (κ1) is 18.9. The molecular weight excluding hydrogens is 278 g/mol. The zero-order valence-electron chi connectivity index (χ0n) is 15.2. The molecule has 22 heavy (non-hydrogen) atoms. The standard InChI is InChI=1S/C9H17NO.C8H16N2O/c1-9(2,3)10-7-5-4-6-8(10)11;1-8(2,3)10-5-4-9-6-7(10)11/h4-7H2,1-3H3;9H,4-6H2,1-3H3. The number of hydrogen-bond donors (Lipinski definition) is 1. The molecule has 0 aromatic rings. The average Bonchev–Trinajstić information content (AvgIpc) is 2.37. The van der Waals surface area contributed by atoms with Crippen LogP contribution in [0, 0.1) is 0 Å². The summed E-state index contributed by atoms with van der Waals surface area (Å²) in [5.74, 6) is 0.535. The van der Waals surface area contributed by atoms with E-state index in [1.807, 2.05) is 9.80 Å². The molecule has 0 unspecified atom stereocenters. The SMILES string of the molecule is CC(C)(C)N1CCCCC1=O.CC(C)(C)N1CCNCC1=O. The molecule has 0 aromatic heterocycles. The Morgan fingerprint density at radius 3 is 1.73 bits per heavy atom. The van der Waals surface area contributed by atoms with Crippen LogP contribution >= 0.6 is 0 Å². The number of rotatable bonds is 0. The molecule has 0 bridgehead atoms. The molecule has 128 valence electrons. The molecule has 5 heteroatoms. The first-order valence-electron chi connectivity index (χ1n) is 8.35. The normalized spacial score (nSPS) is 20.6. The van der Waals surface area contributed by atoms with Crippen molar-refractivity contribution in [3.05, 3.63) is 0 Å². The summed E-state index contributed by atoms with van der Waals surface area (Å²) in [6.45, 7) is 15.7. The van der Waals surface area contributed by atoms with E-state index in [1.54, 1.807) is 0 Å². The van der Waals surface area contributed by atoms with Gasteiger partial charge in [0.2, 0.25) is 11.8 Å². The van der Waals surface area contributed by atoms with Crippen molar-refractivity contribution in [2.75, 3.05) is 26.2 Å². The van der Waals surface area contributed by atoms with Gasteiger partial charge in [-0.05, 0) is 54.4 Å². The Hall–Kier alpha value is -1.10. The first-order chi connectivity index (χ1) is 10.0. The molecule has 2 saturated heterocycles. The monoisotopic (exact) mass is 311 g/mol. The highest BCUT2D eigenvalue weighted by molar-refractivity contribution is 5.79. The quantitative estimate of drug-likeness (QED) is 0.744. The van der Waals surface area contributed by atoms with E-state index in [4.69, 9.17) is 0 Å². The van der Waals surface area contributed by atoms with E-state index in [9.17, 15) is 9.59 Å². The third-order valence-corrected chi connectivity index (χ3v) is 4.03. The van der Waals surface area contributed by atoms with E-state index >= 15 is 0 Å². The Kier molecular flexibility index (Phi) is 6.41. The minimum atomic E-state index is -0.0147. The van der Waals surface area contributed by atoms with Crippen LogP contribution in [0.5, 0.6) is 0 Å². The van der Waals surface area contributed by atoms with Crippen LogP contribution in [-0.4, -0.2) is 58.9 Å². The van der Waals surface area contributed by atoms with Gasteiger partial charge in [0, 0.05) is 37.1 Å². The van der Waals surface area contributed by atoms with Gasteiger partial charge in [0.1, 0.15) is 0 Å². The Bertz CT molecular complexity index is 356. The summed E-state index contributed by atoms with van der Waals surface area (Å²) in [5, 5.41) is 3.05. The Morgan fingerprint density at radius 1 is 0.818 bits per heavy atom. The fourth-order valence-electron chi connectivity index (χ4n) is 2.83. The summed E-state index contributed by atoms with van der Waals surface area (Å²) in [6.07, 6.45) is 2.99. The first-order valence-corrected chi connectivity index (χ1v) is 8.35. The maximum absolute atomic E-state index is 11.4. The number of piperazine rings is 1. The summed E-state index contributed by atoms with van der Waals surface area (Å²) in [4.78, 5) is 26.6. The molecule has 0 radical (unpaired) electrons. The summed E-state index contributed by atoms with van der Waals surface area (Å²) in [5.41, 5.74) is 0.0106. The Balaban J connectivity index is 0.000000220. The predicted molar refractivity (Wildman–Crippen MR) is 89.7 cm³/mol. The molecule has 0 atom stereocenters. The van der Waals surface area contributed by atoms with Crippen molar-refractivity contribution in [1.82, 2.24) is 15.1 Å². The van der Waals surface area contributed by atoms with Crippen LogP contribution in [-0.2, 0) is 9.59 Å². The number of carbonyl (C=O) groups is 2. The molecule has 0 aromatic carbocycles. The minimum Gasteiger partial charge on any atom is -0.338 e. The van der Waals surface area contributed by atoms with Gasteiger partial charge < -0.3 is 15.1 Å². The summed E-state index contributed by atoms with van der Waals surface area (Å²) in [7, 11) is 0. The third-order valence-electron chi connectivity index (χ3n) is 4.03. The van der Waals surface area contributed by atoms with Crippen LogP contribution in [0.2, 0.25) is 0 Å². The molecule has 2 heterocycles. The minimum absolute atomic E-state index is 0.0147. The van der Waals surface area contributed by atoms with Crippen LogP contribution in [0.25, 0.3) is 0 Å². The van der Waals surface area contributed by atoms with Crippen LogP contribution in [0.4, 0.5) is 0 Å². The molecular formula is C17H33N3O2. The van der Waals surface area contributed by atoms with E-state index in [0.29, 0.717) is 12.5 Å². The summed E-state index contributed by atoms with van der Waals surface area (Å²) < 4.78 is 0. The lowest BCUT2D eigenvalue weighted by molar-refractivity contribution is -0.138. The highest BCUT2D eigenvalue weighted by Crippen LogP contribution is 2.20. The van der Waals surface area contributed by atoms with Gasteiger partial charge in [-0.15, -0.1) is 0 Å². The lowest BCUT2D eigenvalue weighted by Crippen LogP contribution is -2.55. The maximum atomic E-state index is 11.4. The van der Waals surface area contributed by atoms with E-state index in [0.717, 1.165) is 32.5 Å². The average molecular weight is 311 g/mol. The van der Waals surface area contributed by atoms with Crippen LogP contribution in [0.3, 0.4) is 0 Å². The van der Waals surface area contributed by atoms with Gasteiger partial charge in [-0.3, -0.25) is 9.59 Å². The lowest BCUT2D eigenvalue weighted by Gasteiger charge is -2.38. The molecule has 0 saturated carbocycles. The smallest absolute Gasteiger partial charge is 0.237 e. The van der Waals surface area contributed by atoms with Gasteiger partial charge in [-0.1, -0.05) is 0 Å². The molecule has 2 aliphatic heterocycles. The third kappa shape index (κ3) is 5.59. The highest BCUT2D eigenvalue weighted by atomic mass is 16.2. The van der Waals surface area contributed by atoms with Crippen LogP contribution in [0.15, 0.2) is 0 Å². The number of nitrogens with one attached hydrogen (secondary N) is 1. The van der Waals surface area contributed by atoms with Gasteiger partial charge in [0.05, 0.1) is 6.54 Å². The Morgan fingerprint density at radius 2 is 1.36 bits per heavy atom. The highest BCUT2D eigenvalue weighted by Gasteiger charge is 2.28. The van der Waals surface area contributed by atoms with Crippen molar-refractivity contribution in [2.45, 2.75) is 71.9 Å². The molecule has 2 amide bonds. The second-order valence-corrected chi connectivity index (χ2v) is 8.07. The zero-order valence-corrected chi connectivity index (χ0v) is 15.2. The fraction of sp³-hybridized carbons (Fsp3) is 0.882. The molecule has 1 N–H and O–H groups in total. The number of piperidine rings is 1. The van der Waals surface area contributed by atoms with Gasteiger partial charge in [-0.25, -0.2) is 0 Å². The van der Waals surface area contributed by atoms with Gasteiger partial charge in [-0.2, -0.15) is 0 Å². The van der Waals surface area contributed by atoms with Crippen molar-refractivity contribution in [2.24, 2.45) is 0 Å². The second-order valence-electron chi connectivity index (χ2n) is 8.07. The van der Waals surface area contributed by atoms with E-state index in [-0.39, 0.29) is 17.0 Å².